The minimum Gasteiger partial charge on any atom is -0.759 e. The third kappa shape index (κ3) is 8210. The third-order valence-corrected chi connectivity index (χ3v) is 0. The first-order chi connectivity index (χ1) is 8.00. The van der Waals surface area contributed by atoms with Crippen LogP contribution in [-0.2, 0) is 41.6 Å². The monoisotopic (exact) mass is 434 g/mol. The van der Waals surface area contributed by atoms with Gasteiger partial charge >= 0.3 is 46.9 Å². The SMILES string of the molecule is O=S(=O)([O-])[O-].O=S(=O)([O-])[O-].O=S(=O)([O-])[O-].O=S(=O)([O-])[O-].[Al+3].[Na+]. The molecule has 0 N–H and O–H groups in total. The van der Waals surface area contributed by atoms with Crippen LogP contribution in [0.3, 0.4) is 0 Å². The summed E-state index contributed by atoms with van der Waals surface area (Å²) < 4.78 is 136. The largest absolute Gasteiger partial charge is 3.00 e. The van der Waals surface area contributed by atoms with E-state index in [1.54, 1.807) is 0 Å². The molecule has 0 radical (unpaired) electrons. The van der Waals surface area contributed by atoms with Gasteiger partial charge in [-0.25, -0.2) is 0 Å². The molecule has 0 aliphatic heterocycles. The Kier molecular flexibility index (Phi) is 27.2. The molecule has 0 spiro atoms. The van der Waals surface area contributed by atoms with Crippen LogP contribution in [0.25, 0.3) is 0 Å². The van der Waals surface area contributed by atoms with Gasteiger partial charge in [-0.15, -0.1) is 0 Å². The normalized spacial score (nSPS) is 10.5. The maximum atomic E-state index is 8.52. The summed E-state index contributed by atoms with van der Waals surface area (Å²) in [5, 5.41) is 0. The van der Waals surface area contributed by atoms with E-state index in [1.807, 2.05) is 0 Å². The van der Waals surface area contributed by atoms with E-state index in [0.29, 0.717) is 0 Å². The van der Waals surface area contributed by atoms with E-state index >= 15 is 0 Å². The Morgan fingerprint density at radius 2 is 0.364 bits per heavy atom. The van der Waals surface area contributed by atoms with Gasteiger partial charge in [-0.3, -0.25) is 33.7 Å². The fourth-order valence-corrected chi connectivity index (χ4v) is 0. The van der Waals surface area contributed by atoms with Crippen LogP contribution in [0.1, 0.15) is 0 Å². The molecule has 0 fully saturated rings. The second-order valence-corrected chi connectivity index (χ2v) is 4.90. The Labute approximate surface area is 157 Å². The molecule has 0 atom stereocenters. The first-order valence-electron chi connectivity index (χ1n) is 2.67. The average Bonchev–Trinajstić information content (AvgIpc) is 1.62. The Hall–Kier alpha value is 1.01. The Balaban J connectivity index is -0.0000000376. The maximum Gasteiger partial charge on any atom is 3.00 e. The molecule has 22 heteroatoms. The van der Waals surface area contributed by atoms with Gasteiger partial charge in [-0.2, -0.15) is 0 Å². The second-order valence-electron chi connectivity index (χ2n) is 1.63. The molecule has 0 aliphatic carbocycles. The van der Waals surface area contributed by atoms with Gasteiger partial charge in [0.25, 0.3) is 0 Å². The summed E-state index contributed by atoms with van der Waals surface area (Å²) in [6.07, 6.45) is 0. The van der Waals surface area contributed by atoms with Crippen LogP contribution in [0.5, 0.6) is 0 Å². The van der Waals surface area contributed by atoms with Crippen LogP contribution in [-0.4, -0.2) is 87.5 Å². The molecule has 0 aromatic rings. The van der Waals surface area contributed by atoms with Gasteiger partial charge in [0.2, 0.25) is 0 Å². The van der Waals surface area contributed by atoms with Crippen molar-refractivity contribution in [3.63, 3.8) is 0 Å². The molecular weight excluding hydrogens is 434 g/mol. The fourth-order valence-electron chi connectivity index (χ4n) is 0. The Morgan fingerprint density at radius 3 is 0.364 bits per heavy atom. The van der Waals surface area contributed by atoms with Crippen molar-refractivity contribution in [1.29, 1.82) is 0 Å². The summed E-state index contributed by atoms with van der Waals surface area (Å²) in [7, 11) is -20.7. The molecule has 22 heavy (non-hydrogen) atoms. The molecular formula is AlNaO16S4-4. The van der Waals surface area contributed by atoms with Crippen molar-refractivity contribution in [3.05, 3.63) is 0 Å². The van der Waals surface area contributed by atoms with Crippen LogP contribution in [0.4, 0.5) is 0 Å². The molecule has 0 amide bonds. The van der Waals surface area contributed by atoms with Crippen molar-refractivity contribution in [3.8, 4) is 0 Å². The third-order valence-electron chi connectivity index (χ3n) is 0. The van der Waals surface area contributed by atoms with Crippen molar-refractivity contribution >= 4 is 59.0 Å². The number of hydrogen-bond acceptors (Lipinski definition) is 16. The Bertz CT molecular complexity index is 479. The van der Waals surface area contributed by atoms with E-state index in [2.05, 4.69) is 0 Å². The molecule has 16 nitrogen and oxygen atoms in total. The minimum absolute atomic E-state index is 0. The number of hydrogen-bond donors (Lipinski definition) is 0. The van der Waals surface area contributed by atoms with E-state index in [4.69, 9.17) is 70.1 Å². The summed E-state index contributed by atoms with van der Waals surface area (Å²) in [4.78, 5) is 0. The van der Waals surface area contributed by atoms with Crippen molar-refractivity contribution in [2.75, 3.05) is 0 Å². The summed E-state index contributed by atoms with van der Waals surface area (Å²) in [6, 6.07) is 0. The minimum atomic E-state index is -5.17. The smallest absolute Gasteiger partial charge is 0.759 e. The van der Waals surface area contributed by atoms with E-state index in [0.717, 1.165) is 0 Å². The zero-order valence-electron chi connectivity index (χ0n) is 9.74. The van der Waals surface area contributed by atoms with Gasteiger partial charge in [0, 0.05) is 41.6 Å². The molecule has 0 rings (SSSR count). The van der Waals surface area contributed by atoms with E-state index in [-0.39, 0.29) is 46.9 Å². The van der Waals surface area contributed by atoms with Crippen LogP contribution < -0.4 is 29.6 Å². The van der Waals surface area contributed by atoms with Crippen LogP contribution in [0.2, 0.25) is 0 Å². The first-order valence-corrected chi connectivity index (χ1v) is 8.00. The van der Waals surface area contributed by atoms with Crippen molar-refractivity contribution < 1.29 is 99.7 Å². The molecule has 0 heterocycles. The molecule has 0 aromatic heterocycles. The molecule has 0 aromatic carbocycles. The molecule has 0 saturated carbocycles. The van der Waals surface area contributed by atoms with Crippen molar-refractivity contribution in [1.82, 2.24) is 0 Å². The molecule has 0 aliphatic rings. The standard InChI is InChI=1S/Al.Na.4H2O4S/c;;4*1-5(2,3)4/h;;4*(H2,1,2,3,4)/q+3;+1;;;;/p-8. The molecule has 128 valence electrons. The van der Waals surface area contributed by atoms with Gasteiger partial charge < -0.3 is 36.4 Å². The maximum absolute atomic E-state index is 8.52. The van der Waals surface area contributed by atoms with Crippen LogP contribution >= 0.6 is 0 Å². The van der Waals surface area contributed by atoms with Gasteiger partial charge in [0.1, 0.15) is 0 Å². The van der Waals surface area contributed by atoms with E-state index in [1.165, 1.54) is 0 Å². The van der Waals surface area contributed by atoms with Crippen LogP contribution in [0.15, 0.2) is 0 Å². The Morgan fingerprint density at radius 1 is 0.364 bits per heavy atom. The van der Waals surface area contributed by atoms with Gasteiger partial charge in [0.15, 0.2) is 0 Å². The first kappa shape index (κ1) is 38.5. The predicted molar refractivity (Wildman–Crippen MR) is 47.7 cm³/mol. The van der Waals surface area contributed by atoms with Gasteiger partial charge in [-0.05, 0) is 0 Å². The summed E-state index contributed by atoms with van der Waals surface area (Å²) in [5.74, 6) is 0. The summed E-state index contributed by atoms with van der Waals surface area (Å²) in [6.45, 7) is 0. The molecule has 0 bridgehead atoms. The predicted octanol–water partition coefficient (Wildman–Crippen LogP) is -8.73. The fraction of sp³-hybridized carbons (Fsp3) is 0. The van der Waals surface area contributed by atoms with E-state index in [9.17, 15) is 0 Å². The zero-order chi connectivity index (χ0) is 18.0. The summed E-state index contributed by atoms with van der Waals surface area (Å²) >= 11 is 0. The molecule has 0 saturated heterocycles. The zero-order valence-corrected chi connectivity index (χ0v) is 16.2. The second kappa shape index (κ2) is 15.5. The van der Waals surface area contributed by atoms with Crippen molar-refractivity contribution in [2.45, 2.75) is 0 Å². The average molecular weight is 434 g/mol. The van der Waals surface area contributed by atoms with Gasteiger partial charge in [-0.1, -0.05) is 0 Å². The van der Waals surface area contributed by atoms with Crippen LogP contribution in [0, 0.1) is 0 Å². The molecule has 0 unspecified atom stereocenters. The van der Waals surface area contributed by atoms with Crippen molar-refractivity contribution in [2.24, 2.45) is 0 Å². The van der Waals surface area contributed by atoms with Gasteiger partial charge in [0.05, 0.1) is 0 Å². The number of rotatable bonds is 0. The quantitative estimate of drug-likeness (QED) is 0.194. The summed E-state index contributed by atoms with van der Waals surface area (Å²) in [5.41, 5.74) is 0. The van der Waals surface area contributed by atoms with E-state index < -0.39 is 41.6 Å². The topological polar surface area (TPSA) is 321 Å².